The molecule has 0 radical (unpaired) electrons. The van der Waals surface area contributed by atoms with Crippen molar-refractivity contribution < 1.29 is 48.8 Å². The number of carboxylic acid groups (broad SMARTS) is 1. The summed E-state index contributed by atoms with van der Waals surface area (Å²) in [5.74, 6) is -3.30. The number of likely N-dealkylation sites (N-methyl/N-ethyl adjacent to an activating group) is 1. The molecule has 0 aromatic heterocycles. The summed E-state index contributed by atoms with van der Waals surface area (Å²) >= 11 is 0. The number of carboxylic acids is 1. The van der Waals surface area contributed by atoms with E-state index < -0.39 is 59.6 Å². The number of nitro benzene ring substituents is 1. The number of aliphatic hydroxyl groups excluding tert-OH is 3. The van der Waals surface area contributed by atoms with Crippen molar-refractivity contribution in [3.63, 3.8) is 0 Å². The molecule has 1 fully saturated rings. The number of hydrogen-bond donors (Lipinski definition) is 4. The Labute approximate surface area is 201 Å². The van der Waals surface area contributed by atoms with Gasteiger partial charge < -0.3 is 34.8 Å². The van der Waals surface area contributed by atoms with Gasteiger partial charge in [-0.3, -0.25) is 14.9 Å². The summed E-state index contributed by atoms with van der Waals surface area (Å²) in [6.07, 6.45) is -11.8. The number of non-ortho nitro benzene ring substituents is 1. The summed E-state index contributed by atoms with van der Waals surface area (Å²) < 4.78 is 25.3. The molecule has 4 rings (SSSR count). The van der Waals surface area contributed by atoms with Gasteiger partial charge in [0.15, 0.2) is 12.4 Å². The molecule has 6 atom stereocenters. The molecule has 1 saturated heterocycles. The molecule has 2 heterocycles. The monoisotopic (exact) mass is 505 g/mol. The van der Waals surface area contributed by atoms with Gasteiger partial charge in [0.25, 0.3) is 11.6 Å². The standard InChI is InChI=1S/C22H20FN3O10/c1-25-13-7-6-9(26(33)34)8-11(13)14(10-4-2-3-5-12(10)23)24-19(20(25)30)36-22-17(29)15(27)16(28)18(35-22)21(31)32/h2-8,15-19,22,27-29H,1H3,(H,31,32)/t15-,16-,17+,18-,19?,22-/m0/s1. The van der Waals surface area contributed by atoms with E-state index in [1.807, 2.05) is 0 Å². The zero-order chi connectivity index (χ0) is 26.3. The number of carbonyl (C=O) groups excluding carboxylic acids is 1. The Balaban J connectivity index is 1.82. The van der Waals surface area contributed by atoms with Gasteiger partial charge in [0.2, 0.25) is 6.23 Å². The number of benzodiazepines with no additional fused rings is 1. The first-order valence-electron chi connectivity index (χ1n) is 10.5. The summed E-state index contributed by atoms with van der Waals surface area (Å²) in [7, 11) is 1.31. The summed E-state index contributed by atoms with van der Waals surface area (Å²) in [6, 6.07) is 8.86. The fourth-order valence-electron chi connectivity index (χ4n) is 3.89. The lowest BCUT2D eigenvalue weighted by Gasteiger charge is -2.39. The number of benzene rings is 2. The average molecular weight is 505 g/mol. The van der Waals surface area contributed by atoms with E-state index in [-0.39, 0.29) is 28.2 Å². The van der Waals surface area contributed by atoms with Crippen LogP contribution in [0.2, 0.25) is 0 Å². The molecule has 4 N–H and O–H groups in total. The SMILES string of the molecule is CN1C(=O)C(O[C@@H]2O[C@H](C(=O)O)[C@@H](O)[C@H](O)[C@H]2O)N=C(c2ccccc2F)c2cc([N+](=O)[O-])ccc21. The van der Waals surface area contributed by atoms with Crippen molar-refractivity contribution in [3.05, 3.63) is 69.5 Å². The number of nitrogens with zero attached hydrogens (tertiary/aromatic N) is 3. The molecule has 0 bridgehead atoms. The van der Waals surface area contributed by atoms with Gasteiger partial charge in [-0.25, -0.2) is 14.2 Å². The van der Waals surface area contributed by atoms with E-state index in [9.17, 15) is 44.5 Å². The molecule has 36 heavy (non-hydrogen) atoms. The van der Waals surface area contributed by atoms with Crippen molar-refractivity contribution in [1.82, 2.24) is 0 Å². The number of fused-ring (bicyclic) bond motifs is 1. The third-order valence-electron chi connectivity index (χ3n) is 5.80. The zero-order valence-corrected chi connectivity index (χ0v) is 18.5. The number of rotatable bonds is 5. The molecular weight excluding hydrogens is 485 g/mol. The van der Waals surface area contributed by atoms with Crippen LogP contribution in [0.15, 0.2) is 47.5 Å². The number of anilines is 1. The first kappa shape index (κ1) is 25.3. The van der Waals surface area contributed by atoms with E-state index in [1.54, 1.807) is 0 Å². The molecule has 190 valence electrons. The minimum atomic E-state index is -2.00. The Kier molecular flexibility index (Phi) is 6.79. The average Bonchev–Trinajstić information content (AvgIpc) is 2.94. The zero-order valence-electron chi connectivity index (χ0n) is 18.5. The second kappa shape index (κ2) is 9.67. The maximum Gasteiger partial charge on any atom is 0.335 e. The fraction of sp³-hybridized carbons (Fsp3) is 0.318. The second-order valence-corrected chi connectivity index (χ2v) is 8.04. The Morgan fingerprint density at radius 3 is 2.47 bits per heavy atom. The van der Waals surface area contributed by atoms with Gasteiger partial charge in [0, 0.05) is 30.3 Å². The Morgan fingerprint density at radius 1 is 1.14 bits per heavy atom. The number of hydrogen-bond acceptors (Lipinski definition) is 10. The molecule has 2 aliphatic rings. The van der Waals surface area contributed by atoms with Crippen molar-refractivity contribution in [1.29, 1.82) is 0 Å². The normalized spacial score (nSPS) is 28.2. The van der Waals surface area contributed by atoms with Crippen LogP contribution in [-0.4, -0.2) is 86.9 Å². The lowest BCUT2D eigenvalue weighted by Crippen LogP contribution is -2.61. The van der Waals surface area contributed by atoms with Crippen molar-refractivity contribution in [2.75, 3.05) is 11.9 Å². The van der Waals surface area contributed by atoms with Crippen LogP contribution >= 0.6 is 0 Å². The maximum absolute atomic E-state index is 14.8. The predicted molar refractivity (Wildman–Crippen MR) is 118 cm³/mol. The number of aliphatic imine (C=N–C) groups is 1. The minimum absolute atomic E-state index is 0.0280. The van der Waals surface area contributed by atoms with Gasteiger partial charge in [-0.05, 0) is 18.2 Å². The molecule has 1 amide bonds. The van der Waals surface area contributed by atoms with Crippen LogP contribution in [0, 0.1) is 15.9 Å². The van der Waals surface area contributed by atoms with Gasteiger partial charge in [0.05, 0.1) is 16.3 Å². The molecule has 13 nitrogen and oxygen atoms in total. The Morgan fingerprint density at radius 2 is 1.83 bits per heavy atom. The van der Waals surface area contributed by atoms with Gasteiger partial charge in [0.1, 0.15) is 24.1 Å². The molecular formula is C22H20FN3O10. The Hall–Kier alpha value is -3.82. The quantitative estimate of drug-likeness (QED) is 0.312. The molecule has 1 unspecified atom stereocenters. The van der Waals surface area contributed by atoms with Crippen LogP contribution in [0.5, 0.6) is 0 Å². The third kappa shape index (κ3) is 4.43. The topological polar surface area (TPSA) is 192 Å². The number of amides is 1. The van der Waals surface area contributed by atoms with Crippen LogP contribution in [0.25, 0.3) is 0 Å². The largest absolute Gasteiger partial charge is 0.479 e. The molecule has 0 aliphatic carbocycles. The summed E-state index contributed by atoms with van der Waals surface area (Å²) in [4.78, 5) is 40.6. The predicted octanol–water partition coefficient (Wildman–Crippen LogP) is -0.217. The first-order chi connectivity index (χ1) is 17.0. The molecule has 2 aromatic rings. The van der Waals surface area contributed by atoms with Crippen LogP contribution in [0.3, 0.4) is 0 Å². The van der Waals surface area contributed by atoms with Gasteiger partial charge in [-0.1, -0.05) is 12.1 Å². The van der Waals surface area contributed by atoms with Crippen molar-refractivity contribution in [3.8, 4) is 0 Å². The summed E-state index contributed by atoms with van der Waals surface area (Å²) in [5.41, 5.74) is -0.525. The van der Waals surface area contributed by atoms with E-state index in [1.165, 1.54) is 31.3 Å². The number of halogens is 1. The molecule has 14 heteroatoms. The van der Waals surface area contributed by atoms with Gasteiger partial charge in [-0.2, -0.15) is 0 Å². The van der Waals surface area contributed by atoms with Crippen LogP contribution in [0.1, 0.15) is 11.1 Å². The highest BCUT2D eigenvalue weighted by molar-refractivity contribution is 6.20. The molecule has 2 aromatic carbocycles. The lowest BCUT2D eigenvalue weighted by molar-refractivity contribution is -0.384. The second-order valence-electron chi connectivity index (χ2n) is 8.04. The highest BCUT2D eigenvalue weighted by Gasteiger charge is 2.49. The van der Waals surface area contributed by atoms with Crippen molar-refractivity contribution >= 4 is 29.0 Å². The molecule has 0 saturated carbocycles. The van der Waals surface area contributed by atoms with Crippen LogP contribution in [0.4, 0.5) is 15.8 Å². The molecule has 0 spiro atoms. The Bertz CT molecular complexity index is 1250. The number of nitro groups is 1. The van der Waals surface area contributed by atoms with E-state index in [2.05, 4.69) is 4.99 Å². The summed E-state index contributed by atoms with van der Waals surface area (Å²) in [5, 5.41) is 50.9. The van der Waals surface area contributed by atoms with E-state index in [4.69, 9.17) is 9.47 Å². The number of ether oxygens (including phenoxy) is 2. The minimum Gasteiger partial charge on any atom is -0.479 e. The van der Waals surface area contributed by atoms with Crippen LogP contribution < -0.4 is 4.90 Å². The van der Waals surface area contributed by atoms with Crippen molar-refractivity contribution in [2.24, 2.45) is 4.99 Å². The van der Waals surface area contributed by atoms with Gasteiger partial charge >= 0.3 is 5.97 Å². The number of aliphatic carboxylic acids is 1. The highest BCUT2D eigenvalue weighted by Crippen LogP contribution is 2.33. The highest BCUT2D eigenvalue weighted by atomic mass is 19.1. The van der Waals surface area contributed by atoms with E-state index >= 15 is 0 Å². The van der Waals surface area contributed by atoms with E-state index in [0.717, 1.165) is 23.1 Å². The summed E-state index contributed by atoms with van der Waals surface area (Å²) in [6.45, 7) is 0. The van der Waals surface area contributed by atoms with Gasteiger partial charge in [-0.15, -0.1) is 0 Å². The van der Waals surface area contributed by atoms with Crippen LogP contribution in [-0.2, 0) is 19.1 Å². The fourth-order valence-corrected chi connectivity index (χ4v) is 3.89. The maximum atomic E-state index is 14.8. The molecule has 2 aliphatic heterocycles. The lowest BCUT2D eigenvalue weighted by atomic mass is 9.99. The first-order valence-corrected chi connectivity index (χ1v) is 10.5. The number of aliphatic hydroxyl groups is 3. The van der Waals surface area contributed by atoms with E-state index in [0.29, 0.717) is 0 Å². The smallest absolute Gasteiger partial charge is 0.335 e. The third-order valence-corrected chi connectivity index (χ3v) is 5.80. The van der Waals surface area contributed by atoms with Crippen molar-refractivity contribution in [2.45, 2.75) is 36.9 Å². The number of carbonyl (C=O) groups is 2.